The Morgan fingerprint density at radius 1 is 1.00 bits per heavy atom. The average molecular weight is 492 g/mol. The fourth-order valence-corrected chi connectivity index (χ4v) is 4.35. The largest absolute Gasteiger partial charge is 0.416 e. The molecule has 178 valence electrons. The highest BCUT2D eigenvalue weighted by Crippen LogP contribution is 2.30. The van der Waals surface area contributed by atoms with Crippen LogP contribution < -0.4 is 10.1 Å². The number of nitrogens with zero attached hydrogens (tertiary/aromatic N) is 2. The van der Waals surface area contributed by atoms with Gasteiger partial charge in [-0.15, -0.1) is 0 Å². The van der Waals surface area contributed by atoms with E-state index >= 15 is 0 Å². The van der Waals surface area contributed by atoms with Crippen molar-refractivity contribution in [2.24, 2.45) is 5.10 Å². The van der Waals surface area contributed by atoms with Gasteiger partial charge in [-0.05, 0) is 49.2 Å². The highest BCUT2D eigenvalue weighted by Gasteiger charge is 2.30. The summed E-state index contributed by atoms with van der Waals surface area (Å²) in [6, 6.07) is 12.5. The first-order valence-electron chi connectivity index (χ1n) is 9.72. The second-order valence-corrected chi connectivity index (χ2v) is 9.01. The summed E-state index contributed by atoms with van der Waals surface area (Å²) < 4.78 is 67.2. The number of hydrogen-bond acceptors (Lipinski definition) is 6. The van der Waals surface area contributed by atoms with Crippen LogP contribution in [-0.2, 0) is 16.2 Å². The molecule has 0 aliphatic rings. The minimum Gasteiger partial charge on any atom is -0.279 e. The second-order valence-electron chi connectivity index (χ2n) is 7.35. The molecule has 0 heterocycles. The maximum atomic E-state index is 13.1. The predicted molar refractivity (Wildman–Crippen MR) is 122 cm³/mol. The SMILES string of the molecule is Cc1ccc(NS(=O)(=O)c2cc([N+](=O)[O-])ccc2NN=Cc2cccc(C(F)(F)F)c2)c(C)c1. The quantitative estimate of drug-likeness (QED) is 0.258. The number of benzene rings is 3. The maximum Gasteiger partial charge on any atom is 0.416 e. The number of sulfonamides is 1. The first-order valence-corrected chi connectivity index (χ1v) is 11.2. The molecule has 0 aromatic heterocycles. The molecule has 12 heteroatoms. The van der Waals surface area contributed by atoms with Crippen molar-refractivity contribution < 1.29 is 26.5 Å². The van der Waals surface area contributed by atoms with Crippen molar-refractivity contribution in [3.8, 4) is 0 Å². The molecule has 8 nitrogen and oxygen atoms in total. The van der Waals surface area contributed by atoms with Crippen molar-refractivity contribution in [2.45, 2.75) is 24.9 Å². The van der Waals surface area contributed by atoms with Crippen molar-refractivity contribution in [2.75, 3.05) is 10.1 Å². The van der Waals surface area contributed by atoms with Gasteiger partial charge in [-0.1, -0.05) is 29.8 Å². The Balaban J connectivity index is 1.94. The zero-order valence-corrected chi connectivity index (χ0v) is 18.7. The third kappa shape index (κ3) is 5.90. The lowest BCUT2D eigenvalue weighted by Crippen LogP contribution is -2.16. The highest BCUT2D eigenvalue weighted by atomic mass is 32.2. The summed E-state index contributed by atoms with van der Waals surface area (Å²) in [7, 11) is -4.30. The molecule has 0 bridgehead atoms. The number of anilines is 2. The third-order valence-corrected chi connectivity index (χ3v) is 6.11. The fourth-order valence-electron chi connectivity index (χ4n) is 3.04. The van der Waals surface area contributed by atoms with Gasteiger partial charge in [0.05, 0.1) is 28.1 Å². The second kappa shape index (κ2) is 9.51. The van der Waals surface area contributed by atoms with Gasteiger partial charge in [-0.2, -0.15) is 18.3 Å². The zero-order valence-electron chi connectivity index (χ0n) is 17.9. The minimum atomic E-state index is -4.53. The molecule has 3 rings (SSSR count). The Morgan fingerprint density at radius 2 is 1.71 bits per heavy atom. The molecule has 3 aromatic carbocycles. The summed E-state index contributed by atoms with van der Waals surface area (Å²) in [5.74, 6) is 0. The summed E-state index contributed by atoms with van der Waals surface area (Å²) >= 11 is 0. The Morgan fingerprint density at radius 3 is 2.35 bits per heavy atom. The van der Waals surface area contributed by atoms with E-state index in [9.17, 15) is 31.7 Å². The third-order valence-electron chi connectivity index (χ3n) is 4.70. The molecule has 3 aromatic rings. The minimum absolute atomic E-state index is 0.105. The molecule has 0 aliphatic heterocycles. The molecular weight excluding hydrogens is 473 g/mol. The lowest BCUT2D eigenvalue weighted by molar-refractivity contribution is -0.385. The Hall–Kier alpha value is -3.93. The van der Waals surface area contributed by atoms with Crippen LogP contribution in [0.2, 0.25) is 0 Å². The number of nitrogens with one attached hydrogen (secondary N) is 2. The topological polar surface area (TPSA) is 114 Å². The van der Waals surface area contributed by atoms with Gasteiger partial charge in [0.2, 0.25) is 0 Å². The van der Waals surface area contributed by atoms with Gasteiger partial charge in [0.1, 0.15) is 4.90 Å². The van der Waals surface area contributed by atoms with E-state index in [-0.39, 0.29) is 16.9 Å². The number of nitro benzene ring substituents is 1. The van der Waals surface area contributed by atoms with E-state index in [0.29, 0.717) is 5.56 Å². The van der Waals surface area contributed by atoms with Crippen LogP contribution in [0.15, 0.2) is 70.7 Å². The van der Waals surface area contributed by atoms with E-state index in [4.69, 9.17) is 0 Å². The lowest BCUT2D eigenvalue weighted by Gasteiger charge is -2.14. The van der Waals surface area contributed by atoms with Crippen LogP contribution in [-0.4, -0.2) is 19.6 Å². The van der Waals surface area contributed by atoms with Crippen molar-refractivity contribution in [3.05, 3.63) is 93.0 Å². The molecule has 0 radical (unpaired) electrons. The summed E-state index contributed by atoms with van der Waals surface area (Å²) in [6.07, 6.45) is -3.46. The fraction of sp³-hybridized carbons (Fsp3) is 0.136. The van der Waals surface area contributed by atoms with Gasteiger partial charge in [0, 0.05) is 12.1 Å². The molecular formula is C22H19F3N4O4S. The number of aryl methyl sites for hydroxylation is 2. The molecule has 0 atom stereocenters. The first-order chi connectivity index (χ1) is 15.9. The number of non-ortho nitro benzene ring substituents is 1. The maximum absolute atomic E-state index is 13.1. The van der Waals surface area contributed by atoms with Crippen LogP contribution in [0.4, 0.5) is 30.2 Å². The van der Waals surface area contributed by atoms with E-state index in [0.717, 1.165) is 42.1 Å². The van der Waals surface area contributed by atoms with Crippen molar-refractivity contribution >= 4 is 33.3 Å². The monoisotopic (exact) mass is 492 g/mol. The van der Waals surface area contributed by atoms with Gasteiger partial charge < -0.3 is 0 Å². The predicted octanol–water partition coefficient (Wildman–Crippen LogP) is 5.48. The van der Waals surface area contributed by atoms with Gasteiger partial charge in [-0.3, -0.25) is 20.3 Å². The zero-order chi connectivity index (χ0) is 25.1. The van der Waals surface area contributed by atoms with Crippen LogP contribution in [0.25, 0.3) is 0 Å². The summed E-state index contributed by atoms with van der Waals surface area (Å²) in [5, 5.41) is 15.0. The van der Waals surface area contributed by atoms with Crippen LogP contribution in [0.3, 0.4) is 0 Å². The summed E-state index contributed by atoms with van der Waals surface area (Å²) in [6.45, 7) is 3.55. The number of halogens is 3. The Bertz CT molecular complexity index is 1370. The van der Waals surface area contributed by atoms with Crippen LogP contribution in [0.5, 0.6) is 0 Å². The smallest absolute Gasteiger partial charge is 0.279 e. The normalized spacial score (nSPS) is 12.0. The molecule has 0 fully saturated rings. The Labute approximate surface area is 193 Å². The summed E-state index contributed by atoms with van der Waals surface area (Å²) in [5.41, 5.74) is 2.97. The van der Waals surface area contributed by atoms with Crippen molar-refractivity contribution in [1.29, 1.82) is 0 Å². The molecule has 2 N–H and O–H groups in total. The van der Waals surface area contributed by atoms with Crippen molar-refractivity contribution in [1.82, 2.24) is 0 Å². The van der Waals surface area contributed by atoms with Crippen LogP contribution in [0, 0.1) is 24.0 Å². The van der Waals surface area contributed by atoms with Gasteiger partial charge in [0.25, 0.3) is 15.7 Å². The molecule has 0 saturated heterocycles. The molecule has 0 saturated carbocycles. The van der Waals surface area contributed by atoms with Gasteiger partial charge >= 0.3 is 6.18 Å². The lowest BCUT2D eigenvalue weighted by atomic mass is 10.1. The van der Waals surface area contributed by atoms with Crippen LogP contribution >= 0.6 is 0 Å². The standard InChI is InChI=1S/C22H19F3N4O4S/c1-14-6-8-19(15(2)10-14)28-34(32,33)21-12-18(29(30)31)7-9-20(21)27-26-13-16-4-3-5-17(11-16)22(23,24)25/h3-13,27-28H,1-2H3. The average Bonchev–Trinajstić information content (AvgIpc) is 2.75. The van der Waals surface area contributed by atoms with E-state index in [1.54, 1.807) is 25.1 Å². The van der Waals surface area contributed by atoms with E-state index in [2.05, 4.69) is 15.2 Å². The molecule has 0 spiro atoms. The van der Waals surface area contributed by atoms with E-state index in [1.807, 2.05) is 6.92 Å². The molecule has 34 heavy (non-hydrogen) atoms. The van der Waals surface area contributed by atoms with E-state index in [1.165, 1.54) is 12.1 Å². The number of hydrazone groups is 1. The Kier molecular flexibility index (Phi) is 6.91. The van der Waals surface area contributed by atoms with Gasteiger partial charge in [-0.25, -0.2) is 8.42 Å². The molecule has 0 amide bonds. The summed E-state index contributed by atoms with van der Waals surface area (Å²) in [4.78, 5) is 10.0. The van der Waals surface area contributed by atoms with E-state index < -0.39 is 37.3 Å². The number of rotatable bonds is 7. The number of hydrogen-bond donors (Lipinski definition) is 2. The first kappa shape index (κ1) is 24.7. The molecule has 0 aliphatic carbocycles. The van der Waals surface area contributed by atoms with Crippen molar-refractivity contribution in [3.63, 3.8) is 0 Å². The molecule has 0 unspecified atom stereocenters. The highest BCUT2D eigenvalue weighted by molar-refractivity contribution is 7.92. The van der Waals surface area contributed by atoms with Crippen LogP contribution in [0.1, 0.15) is 22.3 Å². The number of nitro groups is 1. The number of alkyl halides is 3. The van der Waals surface area contributed by atoms with Gasteiger partial charge in [0.15, 0.2) is 0 Å².